The number of carbonyl (C=O) groups excluding carboxylic acids is 1. The van der Waals surface area contributed by atoms with E-state index < -0.39 is 0 Å². The minimum Gasteiger partial charge on any atom is -0.378 e. The van der Waals surface area contributed by atoms with Crippen LogP contribution in [0.4, 0.5) is 0 Å². The Morgan fingerprint density at radius 3 is 2.72 bits per heavy atom. The summed E-state index contributed by atoms with van der Waals surface area (Å²) in [5.74, 6) is 0.272. The summed E-state index contributed by atoms with van der Waals surface area (Å²) in [7, 11) is 2.16. The average Bonchev–Trinajstić information content (AvgIpc) is 2.65. The molecule has 1 atom stereocenters. The molecule has 5 heteroatoms. The number of hydrogen-bond acceptors (Lipinski definition) is 4. The molecule has 138 valence electrons. The fraction of sp³-hybridized carbons (Fsp3) is 0.650. The molecule has 0 saturated carbocycles. The SMILES string of the molecule is CN1CCC(N(CCc2ccccc2)C(=O)CC2COCCN2)CC1. The number of carbonyl (C=O) groups is 1. The molecule has 2 aliphatic rings. The number of nitrogens with one attached hydrogen (secondary N) is 1. The summed E-state index contributed by atoms with van der Waals surface area (Å²) in [6.07, 6.45) is 3.62. The predicted octanol–water partition coefficient (Wildman–Crippen LogP) is 1.53. The zero-order valence-electron chi connectivity index (χ0n) is 15.3. The van der Waals surface area contributed by atoms with Crippen molar-refractivity contribution in [3.05, 3.63) is 35.9 Å². The molecule has 1 N–H and O–H groups in total. The molecule has 2 aliphatic heterocycles. The zero-order valence-corrected chi connectivity index (χ0v) is 15.3. The molecule has 0 radical (unpaired) electrons. The van der Waals surface area contributed by atoms with Gasteiger partial charge in [-0.15, -0.1) is 0 Å². The standard InChI is InChI=1S/C20H31N3O2/c1-22-11-8-19(9-12-22)23(13-7-17-5-3-2-4-6-17)20(24)15-18-16-25-14-10-21-18/h2-6,18-19,21H,7-16H2,1H3. The van der Waals surface area contributed by atoms with Gasteiger partial charge in [0.25, 0.3) is 0 Å². The van der Waals surface area contributed by atoms with Gasteiger partial charge in [-0.1, -0.05) is 30.3 Å². The number of piperidine rings is 1. The third-order valence-corrected chi connectivity index (χ3v) is 5.35. The van der Waals surface area contributed by atoms with Crippen LogP contribution in [0.3, 0.4) is 0 Å². The van der Waals surface area contributed by atoms with E-state index >= 15 is 0 Å². The van der Waals surface area contributed by atoms with Crippen molar-refractivity contribution >= 4 is 5.91 Å². The van der Waals surface area contributed by atoms with E-state index in [0.29, 0.717) is 19.1 Å². The van der Waals surface area contributed by atoms with Crippen LogP contribution in [-0.2, 0) is 16.0 Å². The number of amides is 1. The monoisotopic (exact) mass is 345 g/mol. The van der Waals surface area contributed by atoms with Crippen LogP contribution in [0, 0.1) is 0 Å². The molecule has 2 saturated heterocycles. The van der Waals surface area contributed by atoms with E-state index in [1.807, 2.05) is 6.07 Å². The predicted molar refractivity (Wildman–Crippen MR) is 99.6 cm³/mol. The molecule has 0 aliphatic carbocycles. The van der Waals surface area contributed by atoms with Crippen LogP contribution < -0.4 is 5.32 Å². The van der Waals surface area contributed by atoms with Gasteiger partial charge in [0, 0.05) is 31.6 Å². The van der Waals surface area contributed by atoms with Gasteiger partial charge in [-0.3, -0.25) is 4.79 Å². The summed E-state index contributed by atoms with van der Waals surface area (Å²) in [5, 5.41) is 3.41. The molecule has 1 aromatic rings. The van der Waals surface area contributed by atoms with Crippen molar-refractivity contribution in [3.63, 3.8) is 0 Å². The van der Waals surface area contributed by atoms with Crippen LogP contribution >= 0.6 is 0 Å². The summed E-state index contributed by atoms with van der Waals surface area (Å²) in [6.45, 7) is 5.19. The number of rotatable bonds is 6. The van der Waals surface area contributed by atoms with Gasteiger partial charge in [0.15, 0.2) is 0 Å². The Morgan fingerprint density at radius 2 is 2.04 bits per heavy atom. The van der Waals surface area contributed by atoms with Crippen LogP contribution in [0.25, 0.3) is 0 Å². The number of hydrogen-bond donors (Lipinski definition) is 1. The molecule has 1 aromatic carbocycles. The fourth-order valence-electron chi connectivity index (χ4n) is 3.79. The Morgan fingerprint density at radius 1 is 1.28 bits per heavy atom. The molecule has 25 heavy (non-hydrogen) atoms. The number of benzene rings is 1. The molecule has 0 aromatic heterocycles. The lowest BCUT2D eigenvalue weighted by Crippen LogP contribution is -2.50. The molecule has 0 spiro atoms. The molecule has 5 nitrogen and oxygen atoms in total. The first-order valence-electron chi connectivity index (χ1n) is 9.55. The first-order valence-corrected chi connectivity index (χ1v) is 9.55. The maximum Gasteiger partial charge on any atom is 0.224 e. The summed E-state index contributed by atoms with van der Waals surface area (Å²) in [4.78, 5) is 17.5. The van der Waals surface area contributed by atoms with E-state index in [0.717, 1.165) is 52.0 Å². The first-order chi connectivity index (χ1) is 12.2. The highest BCUT2D eigenvalue weighted by Crippen LogP contribution is 2.18. The third-order valence-electron chi connectivity index (χ3n) is 5.35. The minimum absolute atomic E-state index is 0.159. The van der Waals surface area contributed by atoms with Crippen LogP contribution in [0.15, 0.2) is 30.3 Å². The van der Waals surface area contributed by atoms with Crippen LogP contribution in [0.5, 0.6) is 0 Å². The minimum atomic E-state index is 0.159. The largest absolute Gasteiger partial charge is 0.378 e. The van der Waals surface area contributed by atoms with Gasteiger partial charge in [-0.25, -0.2) is 0 Å². The molecule has 0 bridgehead atoms. The second kappa shape index (κ2) is 9.32. The van der Waals surface area contributed by atoms with Crippen molar-refractivity contribution in [1.82, 2.24) is 15.1 Å². The van der Waals surface area contributed by atoms with Gasteiger partial charge in [0.2, 0.25) is 5.91 Å². The molecule has 1 unspecified atom stereocenters. The first kappa shape index (κ1) is 18.4. The quantitative estimate of drug-likeness (QED) is 0.849. The van der Waals surface area contributed by atoms with Crippen LogP contribution in [0.2, 0.25) is 0 Å². The summed E-state index contributed by atoms with van der Waals surface area (Å²) in [6, 6.07) is 11.0. The number of ether oxygens (including phenoxy) is 1. The second-order valence-electron chi connectivity index (χ2n) is 7.29. The van der Waals surface area contributed by atoms with Gasteiger partial charge in [0.05, 0.1) is 13.2 Å². The van der Waals surface area contributed by atoms with E-state index in [9.17, 15) is 4.79 Å². The highest BCUT2D eigenvalue weighted by Gasteiger charge is 2.28. The molecule has 2 heterocycles. The van der Waals surface area contributed by atoms with E-state index in [4.69, 9.17) is 4.74 Å². The van der Waals surface area contributed by atoms with Crippen molar-refractivity contribution in [2.45, 2.75) is 37.8 Å². The maximum absolute atomic E-state index is 13.0. The molecule has 3 rings (SSSR count). The molecular formula is C20H31N3O2. The molecule has 2 fully saturated rings. The van der Waals surface area contributed by atoms with Crippen molar-refractivity contribution in [2.75, 3.05) is 46.4 Å². The van der Waals surface area contributed by atoms with Gasteiger partial charge >= 0.3 is 0 Å². The zero-order chi connectivity index (χ0) is 17.5. The van der Waals surface area contributed by atoms with E-state index in [-0.39, 0.29) is 11.9 Å². The molecule has 1 amide bonds. The second-order valence-corrected chi connectivity index (χ2v) is 7.29. The Kier molecular flexibility index (Phi) is 6.84. The van der Waals surface area contributed by atoms with E-state index in [2.05, 4.69) is 46.4 Å². The van der Waals surface area contributed by atoms with Gasteiger partial charge in [0.1, 0.15) is 0 Å². The van der Waals surface area contributed by atoms with Crippen LogP contribution in [-0.4, -0.2) is 74.2 Å². The highest BCUT2D eigenvalue weighted by atomic mass is 16.5. The normalized spacial score (nSPS) is 22.7. The Bertz CT molecular complexity index is 523. The van der Waals surface area contributed by atoms with Gasteiger partial charge in [-0.2, -0.15) is 0 Å². The average molecular weight is 345 g/mol. The fourth-order valence-corrected chi connectivity index (χ4v) is 3.79. The molecular weight excluding hydrogens is 314 g/mol. The lowest BCUT2D eigenvalue weighted by molar-refractivity contribution is -0.135. The maximum atomic E-state index is 13.0. The Labute approximate surface area is 151 Å². The van der Waals surface area contributed by atoms with E-state index in [1.54, 1.807) is 0 Å². The number of likely N-dealkylation sites (tertiary alicyclic amines) is 1. The Balaban J connectivity index is 1.61. The third kappa shape index (κ3) is 5.53. The summed E-state index contributed by atoms with van der Waals surface area (Å²) < 4.78 is 5.51. The summed E-state index contributed by atoms with van der Waals surface area (Å²) >= 11 is 0. The van der Waals surface area contributed by atoms with Gasteiger partial charge < -0.3 is 19.9 Å². The van der Waals surface area contributed by atoms with Crippen molar-refractivity contribution in [1.29, 1.82) is 0 Å². The van der Waals surface area contributed by atoms with Crippen molar-refractivity contribution in [3.8, 4) is 0 Å². The summed E-state index contributed by atoms with van der Waals surface area (Å²) in [5.41, 5.74) is 1.30. The topological polar surface area (TPSA) is 44.8 Å². The smallest absolute Gasteiger partial charge is 0.224 e. The van der Waals surface area contributed by atoms with Crippen LogP contribution in [0.1, 0.15) is 24.8 Å². The number of morpholine rings is 1. The van der Waals surface area contributed by atoms with Gasteiger partial charge in [-0.05, 0) is 45.0 Å². The van der Waals surface area contributed by atoms with E-state index in [1.165, 1.54) is 5.56 Å². The lowest BCUT2D eigenvalue weighted by Gasteiger charge is -2.38. The number of nitrogens with zero attached hydrogens (tertiary/aromatic N) is 2. The van der Waals surface area contributed by atoms with Crippen molar-refractivity contribution in [2.24, 2.45) is 0 Å². The Hall–Kier alpha value is -1.43. The lowest BCUT2D eigenvalue weighted by atomic mass is 10.0. The highest BCUT2D eigenvalue weighted by molar-refractivity contribution is 5.77. The van der Waals surface area contributed by atoms with Crippen molar-refractivity contribution < 1.29 is 9.53 Å².